The Balaban J connectivity index is 1.89. The van der Waals surface area contributed by atoms with Gasteiger partial charge in [-0.2, -0.15) is 0 Å². The lowest BCUT2D eigenvalue weighted by atomic mass is 10.2. The van der Waals surface area contributed by atoms with Crippen LogP contribution in [0.25, 0.3) is 0 Å². The van der Waals surface area contributed by atoms with E-state index in [1.54, 1.807) is 6.07 Å². The first kappa shape index (κ1) is 16.1. The molecule has 0 spiro atoms. The summed E-state index contributed by atoms with van der Waals surface area (Å²) in [7, 11) is -4.09. The highest BCUT2D eigenvalue weighted by atomic mass is 32.2. The second kappa shape index (κ2) is 5.72. The standard InChI is InChI=1S/C16H13FN2O4S/c1-10(15(20)18-12-6-4-5-11(17)9-12)19-16(21)13-7-2-3-8-14(13)24(19,22)23/h2-10H,1H3,(H,18,20)/t10-/m1/s1. The van der Waals surface area contributed by atoms with Crippen molar-refractivity contribution in [2.24, 2.45) is 0 Å². The van der Waals surface area contributed by atoms with Crippen molar-refractivity contribution < 1.29 is 22.4 Å². The van der Waals surface area contributed by atoms with Crippen LogP contribution in [0.5, 0.6) is 0 Å². The van der Waals surface area contributed by atoms with E-state index < -0.39 is 33.7 Å². The number of hydrogen-bond donors (Lipinski definition) is 1. The minimum atomic E-state index is -4.09. The summed E-state index contributed by atoms with van der Waals surface area (Å²) in [4.78, 5) is 24.6. The van der Waals surface area contributed by atoms with Crippen molar-refractivity contribution in [1.82, 2.24) is 4.31 Å². The Labute approximate surface area is 138 Å². The van der Waals surface area contributed by atoms with E-state index in [4.69, 9.17) is 0 Å². The van der Waals surface area contributed by atoms with Crippen LogP contribution in [0.1, 0.15) is 17.3 Å². The molecule has 1 heterocycles. The predicted molar refractivity (Wildman–Crippen MR) is 84.3 cm³/mol. The first-order chi connectivity index (χ1) is 11.3. The molecule has 0 saturated heterocycles. The highest BCUT2D eigenvalue weighted by molar-refractivity contribution is 7.90. The van der Waals surface area contributed by atoms with Gasteiger partial charge in [0.15, 0.2) is 0 Å². The molecule has 3 rings (SSSR count). The van der Waals surface area contributed by atoms with Gasteiger partial charge >= 0.3 is 0 Å². The molecular formula is C16H13FN2O4S. The van der Waals surface area contributed by atoms with Crippen LogP contribution in [0.15, 0.2) is 53.4 Å². The highest BCUT2D eigenvalue weighted by Gasteiger charge is 2.45. The highest BCUT2D eigenvalue weighted by Crippen LogP contribution is 2.31. The van der Waals surface area contributed by atoms with E-state index in [1.165, 1.54) is 43.3 Å². The Morgan fingerprint density at radius 3 is 2.54 bits per heavy atom. The molecule has 0 saturated carbocycles. The second-order valence-electron chi connectivity index (χ2n) is 5.28. The number of halogens is 1. The second-order valence-corrected chi connectivity index (χ2v) is 7.06. The van der Waals surface area contributed by atoms with E-state index in [0.717, 1.165) is 6.07 Å². The number of fused-ring (bicyclic) bond motifs is 1. The number of rotatable bonds is 3. The maximum Gasteiger partial charge on any atom is 0.269 e. The van der Waals surface area contributed by atoms with Crippen LogP contribution in [0.4, 0.5) is 10.1 Å². The number of nitrogens with zero attached hydrogens (tertiary/aromatic N) is 1. The first-order valence-electron chi connectivity index (χ1n) is 7.06. The first-order valence-corrected chi connectivity index (χ1v) is 8.50. The van der Waals surface area contributed by atoms with Gasteiger partial charge in [0.1, 0.15) is 16.8 Å². The maximum atomic E-state index is 13.2. The molecule has 0 unspecified atom stereocenters. The fourth-order valence-electron chi connectivity index (χ4n) is 2.51. The van der Waals surface area contributed by atoms with Gasteiger partial charge in [-0.1, -0.05) is 18.2 Å². The van der Waals surface area contributed by atoms with Gasteiger partial charge in [-0.3, -0.25) is 9.59 Å². The number of anilines is 1. The summed E-state index contributed by atoms with van der Waals surface area (Å²) >= 11 is 0. The number of hydrogen-bond acceptors (Lipinski definition) is 4. The lowest BCUT2D eigenvalue weighted by Crippen LogP contribution is -2.45. The summed E-state index contributed by atoms with van der Waals surface area (Å²) in [5, 5.41) is 2.41. The molecule has 6 nitrogen and oxygen atoms in total. The van der Waals surface area contributed by atoms with Crippen molar-refractivity contribution >= 4 is 27.5 Å². The molecule has 1 atom stereocenters. The van der Waals surface area contributed by atoms with Crippen molar-refractivity contribution in [2.75, 3.05) is 5.32 Å². The zero-order chi connectivity index (χ0) is 17.5. The van der Waals surface area contributed by atoms with E-state index in [2.05, 4.69) is 5.32 Å². The Morgan fingerprint density at radius 2 is 1.88 bits per heavy atom. The van der Waals surface area contributed by atoms with Gasteiger partial charge in [0.25, 0.3) is 15.9 Å². The van der Waals surface area contributed by atoms with Gasteiger partial charge in [0, 0.05) is 5.69 Å². The average Bonchev–Trinajstić information content (AvgIpc) is 2.74. The number of carbonyl (C=O) groups is 2. The molecule has 8 heteroatoms. The number of sulfonamides is 1. The van der Waals surface area contributed by atoms with Crippen molar-refractivity contribution in [1.29, 1.82) is 0 Å². The molecule has 0 radical (unpaired) electrons. The lowest BCUT2D eigenvalue weighted by Gasteiger charge is -2.22. The van der Waals surface area contributed by atoms with Gasteiger partial charge in [0.05, 0.1) is 5.56 Å². The summed E-state index contributed by atoms with van der Waals surface area (Å²) in [5.41, 5.74) is 0.205. The topological polar surface area (TPSA) is 83.6 Å². The molecule has 0 aliphatic carbocycles. The fraction of sp³-hybridized carbons (Fsp3) is 0.125. The van der Waals surface area contributed by atoms with Crippen LogP contribution in [-0.4, -0.2) is 30.6 Å². The summed E-state index contributed by atoms with van der Waals surface area (Å²) in [5.74, 6) is -2.03. The Morgan fingerprint density at radius 1 is 1.17 bits per heavy atom. The molecule has 0 fully saturated rings. The summed E-state index contributed by atoms with van der Waals surface area (Å²) in [6, 6.07) is 9.66. The molecule has 2 aromatic rings. The van der Waals surface area contributed by atoms with Crippen molar-refractivity contribution in [3.8, 4) is 0 Å². The number of carbonyl (C=O) groups excluding carboxylic acids is 2. The van der Waals surface area contributed by atoms with Crippen molar-refractivity contribution in [2.45, 2.75) is 17.9 Å². The van der Waals surface area contributed by atoms with Crippen LogP contribution in [0.2, 0.25) is 0 Å². The molecule has 0 bridgehead atoms. The fourth-order valence-corrected chi connectivity index (χ4v) is 4.23. The average molecular weight is 348 g/mol. The Hall–Kier alpha value is -2.74. The Bertz CT molecular complexity index is 943. The van der Waals surface area contributed by atoms with Gasteiger partial charge in [-0.25, -0.2) is 17.1 Å². The SMILES string of the molecule is C[C@H](C(=O)Nc1cccc(F)c1)N1C(=O)c2ccccc2S1(=O)=O. The summed E-state index contributed by atoms with van der Waals surface area (Å²) < 4.78 is 38.7. The molecule has 1 N–H and O–H groups in total. The Kier molecular flexibility index (Phi) is 3.84. The van der Waals surface area contributed by atoms with Crippen LogP contribution < -0.4 is 5.32 Å². The molecule has 124 valence electrons. The van der Waals surface area contributed by atoms with Crippen LogP contribution in [0.3, 0.4) is 0 Å². The van der Waals surface area contributed by atoms with Gasteiger partial charge in [-0.15, -0.1) is 0 Å². The van der Waals surface area contributed by atoms with Gasteiger partial charge in [-0.05, 0) is 37.3 Å². The van der Waals surface area contributed by atoms with E-state index in [1.807, 2.05) is 0 Å². The monoisotopic (exact) mass is 348 g/mol. The van der Waals surface area contributed by atoms with Crippen LogP contribution in [0, 0.1) is 5.82 Å². The molecule has 2 amide bonds. The van der Waals surface area contributed by atoms with E-state index in [9.17, 15) is 22.4 Å². The van der Waals surface area contributed by atoms with E-state index >= 15 is 0 Å². The third-order valence-electron chi connectivity index (χ3n) is 3.68. The molecule has 0 aromatic heterocycles. The van der Waals surface area contributed by atoms with Crippen molar-refractivity contribution in [3.63, 3.8) is 0 Å². The summed E-state index contributed by atoms with van der Waals surface area (Å²) in [6.07, 6.45) is 0. The molecule has 1 aliphatic heterocycles. The molecule has 2 aromatic carbocycles. The number of nitrogens with one attached hydrogen (secondary N) is 1. The van der Waals surface area contributed by atoms with Crippen LogP contribution >= 0.6 is 0 Å². The molecular weight excluding hydrogens is 335 g/mol. The smallest absolute Gasteiger partial charge is 0.269 e. The molecule has 24 heavy (non-hydrogen) atoms. The minimum Gasteiger partial charge on any atom is -0.324 e. The van der Waals surface area contributed by atoms with Crippen LogP contribution in [-0.2, 0) is 14.8 Å². The largest absolute Gasteiger partial charge is 0.324 e. The van der Waals surface area contributed by atoms with E-state index in [-0.39, 0.29) is 16.1 Å². The third-order valence-corrected chi connectivity index (χ3v) is 5.59. The zero-order valence-electron chi connectivity index (χ0n) is 12.6. The number of amides is 2. The third kappa shape index (κ3) is 2.54. The maximum absolute atomic E-state index is 13.2. The predicted octanol–water partition coefficient (Wildman–Crippen LogP) is 2.00. The molecule has 1 aliphatic rings. The van der Waals surface area contributed by atoms with Crippen molar-refractivity contribution in [3.05, 3.63) is 59.9 Å². The normalized spacial score (nSPS) is 16.6. The zero-order valence-corrected chi connectivity index (χ0v) is 13.4. The van der Waals surface area contributed by atoms with Gasteiger partial charge < -0.3 is 5.32 Å². The lowest BCUT2D eigenvalue weighted by molar-refractivity contribution is -0.118. The quantitative estimate of drug-likeness (QED) is 0.919. The number of benzene rings is 2. The van der Waals surface area contributed by atoms with Gasteiger partial charge in [0.2, 0.25) is 5.91 Å². The minimum absolute atomic E-state index is 0.0305. The summed E-state index contributed by atoms with van der Waals surface area (Å²) in [6.45, 7) is 1.30. The van der Waals surface area contributed by atoms with E-state index in [0.29, 0.717) is 4.31 Å².